The van der Waals surface area contributed by atoms with Crippen LogP contribution in [0.3, 0.4) is 0 Å². The highest BCUT2D eigenvalue weighted by Crippen LogP contribution is 2.11. The third-order valence-electron chi connectivity index (χ3n) is 4.15. The molecule has 0 spiro atoms. The van der Waals surface area contributed by atoms with Gasteiger partial charge in [0.15, 0.2) is 0 Å². The molecule has 1 aromatic heterocycles. The van der Waals surface area contributed by atoms with Crippen molar-refractivity contribution in [3.8, 4) is 0 Å². The summed E-state index contributed by atoms with van der Waals surface area (Å²) in [4.78, 5) is 19.6. The van der Waals surface area contributed by atoms with Crippen molar-refractivity contribution in [3.05, 3.63) is 40.4 Å². The number of fused-ring (bicyclic) bond motifs is 1. The minimum atomic E-state index is 0.0215. The summed E-state index contributed by atoms with van der Waals surface area (Å²) in [6, 6.07) is 7.47. The fourth-order valence-corrected chi connectivity index (χ4v) is 3.18. The first-order valence-electron chi connectivity index (χ1n) is 7.56. The lowest BCUT2D eigenvalue weighted by Crippen LogP contribution is -2.35. The van der Waals surface area contributed by atoms with Gasteiger partial charge in [0, 0.05) is 13.1 Å². The smallest absolute Gasteiger partial charge is 0.261 e. The monoisotopic (exact) mass is 305 g/mol. The van der Waals surface area contributed by atoms with Gasteiger partial charge in [0.25, 0.3) is 5.56 Å². The normalized spacial score (nSPS) is 16.4. The van der Waals surface area contributed by atoms with Gasteiger partial charge in [-0.15, -0.1) is 11.6 Å². The van der Waals surface area contributed by atoms with Crippen LogP contribution in [0.1, 0.15) is 25.1 Å². The van der Waals surface area contributed by atoms with E-state index in [1.807, 2.05) is 24.3 Å². The van der Waals surface area contributed by atoms with Gasteiger partial charge >= 0.3 is 0 Å². The molecule has 0 N–H and O–H groups in total. The summed E-state index contributed by atoms with van der Waals surface area (Å²) in [6.07, 6.45) is 3.83. The third kappa shape index (κ3) is 3.11. The van der Waals surface area contributed by atoms with Crippen molar-refractivity contribution < 1.29 is 0 Å². The Hall–Kier alpha value is -1.39. The molecule has 3 rings (SSSR count). The fourth-order valence-electron chi connectivity index (χ4n) is 2.97. The largest absolute Gasteiger partial charge is 0.302 e. The van der Waals surface area contributed by atoms with Gasteiger partial charge in [-0.3, -0.25) is 9.36 Å². The van der Waals surface area contributed by atoms with E-state index in [0.717, 1.165) is 25.2 Å². The number of nitrogens with zero attached hydrogens (tertiary/aromatic N) is 3. The minimum absolute atomic E-state index is 0.0215. The number of likely N-dealkylation sites (tertiary alicyclic amines) is 1. The molecule has 2 heterocycles. The molecule has 1 saturated heterocycles. The first-order valence-corrected chi connectivity index (χ1v) is 8.10. The molecule has 1 aliphatic heterocycles. The Morgan fingerprint density at radius 3 is 2.62 bits per heavy atom. The van der Waals surface area contributed by atoms with Crippen LogP contribution < -0.4 is 5.56 Å². The predicted octanol–water partition coefficient (Wildman–Crippen LogP) is 2.62. The number of hydrogen-bond acceptors (Lipinski definition) is 3. The number of alkyl halides is 1. The first kappa shape index (κ1) is 14.5. The maximum Gasteiger partial charge on any atom is 0.261 e. The Morgan fingerprint density at radius 2 is 1.86 bits per heavy atom. The van der Waals surface area contributed by atoms with Crippen LogP contribution in [-0.2, 0) is 12.4 Å². The van der Waals surface area contributed by atoms with Gasteiger partial charge in [0.1, 0.15) is 5.82 Å². The average molecular weight is 306 g/mol. The fraction of sp³-hybridized carbons (Fsp3) is 0.500. The zero-order chi connectivity index (χ0) is 14.7. The van der Waals surface area contributed by atoms with E-state index in [0.29, 0.717) is 17.8 Å². The molecule has 0 saturated carbocycles. The molecule has 0 aliphatic carbocycles. The number of piperidine rings is 1. The van der Waals surface area contributed by atoms with Gasteiger partial charge in [-0.05, 0) is 38.1 Å². The summed E-state index contributed by atoms with van der Waals surface area (Å²) in [6.45, 7) is 3.82. The molecular formula is C16H20ClN3O. The zero-order valence-corrected chi connectivity index (χ0v) is 12.9. The molecule has 21 heavy (non-hydrogen) atoms. The molecule has 4 nitrogen and oxygen atoms in total. The SMILES string of the molecule is O=c1c2ccccc2nc(CCl)n1CCN1CCCCC1. The highest BCUT2D eigenvalue weighted by atomic mass is 35.5. The zero-order valence-electron chi connectivity index (χ0n) is 12.1. The molecule has 1 fully saturated rings. The average Bonchev–Trinajstić information content (AvgIpc) is 2.55. The molecule has 1 aliphatic rings. The maximum absolute atomic E-state index is 12.6. The Morgan fingerprint density at radius 1 is 1.10 bits per heavy atom. The summed E-state index contributed by atoms with van der Waals surface area (Å²) in [5.74, 6) is 0.928. The Balaban J connectivity index is 1.89. The van der Waals surface area contributed by atoms with Crippen molar-refractivity contribution in [2.75, 3.05) is 19.6 Å². The number of halogens is 1. The van der Waals surface area contributed by atoms with E-state index < -0.39 is 0 Å². The minimum Gasteiger partial charge on any atom is -0.302 e. The number of benzene rings is 1. The van der Waals surface area contributed by atoms with Crippen LogP contribution in [0.25, 0.3) is 10.9 Å². The number of hydrogen-bond donors (Lipinski definition) is 0. The summed E-state index contributed by atoms with van der Waals surface area (Å²) < 4.78 is 1.74. The second kappa shape index (κ2) is 6.58. The van der Waals surface area contributed by atoms with Crippen LogP contribution in [0, 0.1) is 0 Å². The third-order valence-corrected chi connectivity index (χ3v) is 4.39. The van der Waals surface area contributed by atoms with Crippen LogP contribution in [0.4, 0.5) is 0 Å². The van der Waals surface area contributed by atoms with Gasteiger partial charge in [-0.1, -0.05) is 18.6 Å². The van der Waals surface area contributed by atoms with Crippen LogP contribution in [0.15, 0.2) is 29.1 Å². The molecule has 0 amide bonds. The van der Waals surface area contributed by atoms with Crippen molar-refractivity contribution >= 4 is 22.5 Å². The van der Waals surface area contributed by atoms with Crippen molar-refractivity contribution in [3.63, 3.8) is 0 Å². The van der Waals surface area contributed by atoms with E-state index in [1.54, 1.807) is 4.57 Å². The Bertz CT molecular complexity index is 677. The summed E-state index contributed by atoms with van der Waals surface area (Å²) >= 11 is 5.99. The van der Waals surface area contributed by atoms with E-state index in [1.165, 1.54) is 19.3 Å². The standard InChI is InChI=1S/C16H20ClN3O/c17-12-15-18-14-7-3-2-6-13(14)16(21)20(15)11-10-19-8-4-1-5-9-19/h2-3,6-7H,1,4-5,8-12H2. The second-order valence-electron chi connectivity index (χ2n) is 5.54. The van der Waals surface area contributed by atoms with Crippen molar-refractivity contribution in [1.82, 2.24) is 14.5 Å². The van der Waals surface area contributed by atoms with Crippen LogP contribution in [0.2, 0.25) is 0 Å². The second-order valence-corrected chi connectivity index (χ2v) is 5.81. The Labute approximate surface area is 129 Å². The van der Waals surface area contributed by atoms with Crippen molar-refractivity contribution in [1.29, 1.82) is 0 Å². The topological polar surface area (TPSA) is 38.1 Å². The number of para-hydroxylation sites is 1. The van der Waals surface area contributed by atoms with Crippen LogP contribution in [0.5, 0.6) is 0 Å². The predicted molar refractivity (Wildman–Crippen MR) is 85.9 cm³/mol. The molecule has 0 bridgehead atoms. The number of aromatic nitrogens is 2. The highest BCUT2D eigenvalue weighted by Gasteiger charge is 2.13. The maximum atomic E-state index is 12.6. The lowest BCUT2D eigenvalue weighted by Gasteiger charge is -2.26. The molecule has 0 atom stereocenters. The lowest BCUT2D eigenvalue weighted by atomic mass is 10.1. The molecule has 1 aromatic carbocycles. The Kier molecular flexibility index (Phi) is 4.56. The van der Waals surface area contributed by atoms with E-state index in [2.05, 4.69) is 9.88 Å². The van der Waals surface area contributed by atoms with E-state index in [4.69, 9.17) is 11.6 Å². The van der Waals surface area contributed by atoms with Gasteiger partial charge in [-0.2, -0.15) is 0 Å². The van der Waals surface area contributed by atoms with E-state index >= 15 is 0 Å². The highest BCUT2D eigenvalue weighted by molar-refractivity contribution is 6.16. The van der Waals surface area contributed by atoms with Gasteiger partial charge < -0.3 is 4.90 Å². The summed E-state index contributed by atoms with van der Waals surface area (Å²) in [5.41, 5.74) is 0.751. The molecule has 2 aromatic rings. The van der Waals surface area contributed by atoms with Crippen molar-refractivity contribution in [2.45, 2.75) is 31.7 Å². The van der Waals surface area contributed by atoms with Gasteiger partial charge in [0.2, 0.25) is 0 Å². The van der Waals surface area contributed by atoms with Gasteiger partial charge in [0.05, 0.1) is 16.8 Å². The lowest BCUT2D eigenvalue weighted by molar-refractivity contribution is 0.219. The summed E-state index contributed by atoms with van der Waals surface area (Å²) in [5, 5.41) is 0.671. The molecule has 0 unspecified atom stereocenters. The molecule has 112 valence electrons. The van der Waals surface area contributed by atoms with E-state index in [-0.39, 0.29) is 11.4 Å². The first-order chi connectivity index (χ1) is 10.3. The van der Waals surface area contributed by atoms with E-state index in [9.17, 15) is 4.79 Å². The molecular weight excluding hydrogens is 286 g/mol. The molecule has 0 radical (unpaired) electrons. The van der Waals surface area contributed by atoms with Crippen LogP contribution in [-0.4, -0.2) is 34.1 Å². The van der Waals surface area contributed by atoms with Gasteiger partial charge in [-0.25, -0.2) is 4.98 Å². The van der Waals surface area contributed by atoms with Crippen molar-refractivity contribution in [2.24, 2.45) is 0 Å². The van der Waals surface area contributed by atoms with Crippen LogP contribution >= 0.6 is 11.6 Å². The quantitative estimate of drug-likeness (QED) is 0.815. The molecule has 5 heteroatoms. The summed E-state index contributed by atoms with van der Waals surface area (Å²) in [7, 11) is 0. The number of rotatable bonds is 4.